The highest BCUT2D eigenvalue weighted by Crippen LogP contribution is 2.12. The van der Waals surface area contributed by atoms with E-state index >= 15 is 0 Å². The highest BCUT2D eigenvalue weighted by Gasteiger charge is 2.15. The van der Waals surface area contributed by atoms with Gasteiger partial charge in [0.1, 0.15) is 0 Å². The number of benzene rings is 1. The van der Waals surface area contributed by atoms with Crippen LogP contribution < -0.4 is 11.1 Å². The Morgan fingerprint density at radius 3 is 2.47 bits per heavy atom. The molecule has 0 bridgehead atoms. The van der Waals surface area contributed by atoms with E-state index in [0.29, 0.717) is 0 Å². The van der Waals surface area contributed by atoms with Gasteiger partial charge in [0.25, 0.3) is 0 Å². The van der Waals surface area contributed by atoms with Crippen LogP contribution in [-0.2, 0) is 11.2 Å². The first-order chi connectivity index (χ1) is 8.04. The van der Waals surface area contributed by atoms with Crippen molar-refractivity contribution in [2.45, 2.75) is 26.7 Å². The molecule has 0 aromatic heterocycles. The van der Waals surface area contributed by atoms with Crippen LogP contribution in [0.1, 0.15) is 25.8 Å². The molecule has 0 aliphatic carbocycles. The summed E-state index contributed by atoms with van der Waals surface area (Å²) in [4.78, 5) is 11.9. The van der Waals surface area contributed by atoms with Gasteiger partial charge in [-0.25, -0.2) is 0 Å². The van der Waals surface area contributed by atoms with Crippen molar-refractivity contribution in [1.82, 2.24) is 0 Å². The van der Waals surface area contributed by atoms with Crippen LogP contribution >= 0.6 is 12.2 Å². The maximum absolute atomic E-state index is 11.7. The van der Waals surface area contributed by atoms with Gasteiger partial charge >= 0.3 is 0 Å². The zero-order valence-electron chi connectivity index (χ0n) is 10.2. The van der Waals surface area contributed by atoms with Gasteiger partial charge in [-0.05, 0) is 31.0 Å². The largest absolute Gasteiger partial charge is 0.393 e. The molecule has 1 amide bonds. The molecular weight excluding hydrogens is 232 g/mol. The molecule has 3 N–H and O–H groups in total. The third-order valence-corrected chi connectivity index (χ3v) is 2.93. The zero-order chi connectivity index (χ0) is 12.8. The van der Waals surface area contributed by atoms with Crippen LogP contribution in [0.2, 0.25) is 0 Å². The highest BCUT2D eigenvalue weighted by molar-refractivity contribution is 7.80. The van der Waals surface area contributed by atoms with Crippen molar-refractivity contribution in [1.29, 1.82) is 0 Å². The van der Waals surface area contributed by atoms with Gasteiger partial charge < -0.3 is 11.1 Å². The number of aryl methyl sites for hydroxylation is 1. The molecule has 1 unspecified atom stereocenters. The third-order valence-electron chi connectivity index (χ3n) is 2.58. The summed E-state index contributed by atoms with van der Waals surface area (Å²) < 4.78 is 0. The molecule has 0 spiro atoms. The van der Waals surface area contributed by atoms with Gasteiger partial charge in [0, 0.05) is 5.69 Å². The van der Waals surface area contributed by atoms with Crippen LogP contribution in [0, 0.1) is 5.92 Å². The summed E-state index contributed by atoms with van der Waals surface area (Å²) in [5.41, 5.74) is 7.47. The molecule has 3 nitrogen and oxygen atoms in total. The number of carbonyl (C=O) groups is 1. The highest BCUT2D eigenvalue weighted by atomic mass is 32.1. The van der Waals surface area contributed by atoms with Crippen LogP contribution in [0.4, 0.5) is 5.69 Å². The fourth-order valence-corrected chi connectivity index (χ4v) is 1.53. The van der Waals surface area contributed by atoms with E-state index in [1.54, 1.807) is 6.92 Å². The third kappa shape index (κ3) is 4.15. The van der Waals surface area contributed by atoms with Gasteiger partial charge in [-0.3, -0.25) is 4.79 Å². The SMILES string of the molecule is CCCc1ccc(NC(=O)C(C)C(N)=S)cc1. The van der Waals surface area contributed by atoms with Crippen LogP contribution in [-0.4, -0.2) is 10.9 Å². The molecule has 1 aromatic rings. The van der Waals surface area contributed by atoms with E-state index in [4.69, 9.17) is 18.0 Å². The molecule has 0 aliphatic heterocycles. The Morgan fingerprint density at radius 1 is 1.41 bits per heavy atom. The number of hydrogen-bond donors (Lipinski definition) is 2. The first-order valence-corrected chi connectivity index (χ1v) is 6.14. The van der Waals surface area contributed by atoms with Crippen LogP contribution in [0.15, 0.2) is 24.3 Å². The second-order valence-electron chi connectivity index (χ2n) is 4.06. The first-order valence-electron chi connectivity index (χ1n) is 5.73. The predicted octanol–water partition coefficient (Wildman–Crippen LogP) is 2.50. The van der Waals surface area contributed by atoms with Crippen molar-refractivity contribution < 1.29 is 4.79 Å². The minimum atomic E-state index is -0.444. The number of anilines is 1. The van der Waals surface area contributed by atoms with Gasteiger partial charge in [0.15, 0.2) is 0 Å². The molecule has 0 saturated heterocycles. The van der Waals surface area contributed by atoms with E-state index in [0.717, 1.165) is 18.5 Å². The molecule has 1 rings (SSSR count). The molecule has 1 atom stereocenters. The summed E-state index contributed by atoms with van der Waals surface area (Å²) in [6, 6.07) is 7.83. The Bertz CT molecular complexity index is 400. The predicted molar refractivity (Wildman–Crippen MR) is 75.0 cm³/mol. The van der Waals surface area contributed by atoms with Crippen LogP contribution in [0.3, 0.4) is 0 Å². The van der Waals surface area contributed by atoms with Crippen LogP contribution in [0.25, 0.3) is 0 Å². The van der Waals surface area contributed by atoms with Crippen molar-refractivity contribution in [2.24, 2.45) is 11.7 Å². The van der Waals surface area contributed by atoms with E-state index in [-0.39, 0.29) is 10.9 Å². The van der Waals surface area contributed by atoms with Crippen LogP contribution in [0.5, 0.6) is 0 Å². The summed E-state index contributed by atoms with van der Waals surface area (Å²) in [5.74, 6) is -0.610. The number of amides is 1. The lowest BCUT2D eigenvalue weighted by Gasteiger charge is -2.10. The molecular formula is C13H18N2OS. The summed E-state index contributed by atoms with van der Waals surface area (Å²) in [6.07, 6.45) is 2.17. The first kappa shape index (κ1) is 13.6. The van der Waals surface area contributed by atoms with Crippen molar-refractivity contribution in [3.05, 3.63) is 29.8 Å². The summed E-state index contributed by atoms with van der Waals surface area (Å²) in [5, 5.41) is 2.79. The van der Waals surface area contributed by atoms with Gasteiger partial charge in [-0.2, -0.15) is 0 Å². The fraction of sp³-hybridized carbons (Fsp3) is 0.385. The molecule has 17 heavy (non-hydrogen) atoms. The standard InChI is InChI=1S/C13H18N2OS/c1-3-4-10-5-7-11(8-6-10)15-13(16)9(2)12(14)17/h5-9H,3-4H2,1-2H3,(H2,14,17)(H,15,16). The van der Waals surface area contributed by atoms with Crippen molar-refractivity contribution >= 4 is 28.8 Å². The maximum Gasteiger partial charge on any atom is 0.234 e. The Kier molecular flexibility index (Phi) is 5.10. The maximum atomic E-state index is 11.7. The van der Waals surface area contributed by atoms with Crippen molar-refractivity contribution in [2.75, 3.05) is 5.32 Å². The number of nitrogens with two attached hydrogens (primary N) is 1. The zero-order valence-corrected chi connectivity index (χ0v) is 11.0. The molecule has 0 aliphatic rings. The number of thiocarbonyl (C=S) groups is 1. The fourth-order valence-electron chi connectivity index (χ4n) is 1.42. The van der Waals surface area contributed by atoms with Gasteiger partial charge in [0.05, 0.1) is 10.9 Å². The molecule has 1 aromatic carbocycles. The molecule has 4 heteroatoms. The van der Waals surface area contributed by atoms with Gasteiger partial charge in [-0.1, -0.05) is 37.7 Å². The number of hydrogen-bond acceptors (Lipinski definition) is 2. The summed E-state index contributed by atoms with van der Waals surface area (Å²) in [7, 11) is 0. The van der Waals surface area contributed by atoms with E-state index in [1.165, 1.54) is 5.56 Å². The number of nitrogens with one attached hydrogen (secondary N) is 1. The molecule has 0 saturated carbocycles. The molecule has 0 radical (unpaired) electrons. The van der Waals surface area contributed by atoms with Gasteiger partial charge in [0.2, 0.25) is 5.91 Å². The Morgan fingerprint density at radius 2 is 2.00 bits per heavy atom. The lowest BCUT2D eigenvalue weighted by molar-refractivity contribution is -0.117. The Labute approximate surface area is 107 Å². The Hall–Kier alpha value is -1.42. The topological polar surface area (TPSA) is 55.1 Å². The normalized spacial score (nSPS) is 11.9. The average molecular weight is 250 g/mol. The molecule has 92 valence electrons. The van der Waals surface area contributed by atoms with E-state index in [2.05, 4.69) is 12.2 Å². The van der Waals surface area contributed by atoms with Crippen molar-refractivity contribution in [3.63, 3.8) is 0 Å². The minimum Gasteiger partial charge on any atom is -0.393 e. The van der Waals surface area contributed by atoms with Crippen molar-refractivity contribution in [3.8, 4) is 0 Å². The number of rotatable bonds is 5. The summed E-state index contributed by atoms with van der Waals surface area (Å²) in [6.45, 7) is 3.84. The average Bonchev–Trinajstić information content (AvgIpc) is 2.30. The molecule has 0 heterocycles. The molecule has 0 fully saturated rings. The van der Waals surface area contributed by atoms with Gasteiger partial charge in [-0.15, -0.1) is 0 Å². The number of carbonyl (C=O) groups excluding carboxylic acids is 1. The monoisotopic (exact) mass is 250 g/mol. The smallest absolute Gasteiger partial charge is 0.234 e. The quantitative estimate of drug-likeness (QED) is 0.789. The lowest BCUT2D eigenvalue weighted by atomic mass is 10.1. The Balaban J connectivity index is 2.63. The second-order valence-corrected chi connectivity index (χ2v) is 4.53. The minimum absolute atomic E-state index is 0.166. The van der Waals surface area contributed by atoms with E-state index < -0.39 is 5.92 Å². The van der Waals surface area contributed by atoms with E-state index in [9.17, 15) is 4.79 Å². The van der Waals surface area contributed by atoms with E-state index in [1.807, 2.05) is 24.3 Å². The second kappa shape index (κ2) is 6.35. The lowest BCUT2D eigenvalue weighted by Crippen LogP contribution is -2.30. The summed E-state index contributed by atoms with van der Waals surface area (Å²) >= 11 is 4.78.